The van der Waals surface area contributed by atoms with Crippen molar-refractivity contribution in [1.29, 1.82) is 0 Å². The molecule has 0 unspecified atom stereocenters. The minimum absolute atomic E-state index is 0.667. The molecule has 9 rings (SSSR count). The lowest BCUT2D eigenvalue weighted by molar-refractivity contribution is 0.668. The van der Waals surface area contributed by atoms with E-state index in [2.05, 4.69) is 76.6 Å². The van der Waals surface area contributed by atoms with Gasteiger partial charge in [-0.25, -0.2) is 9.97 Å². The average Bonchev–Trinajstić information content (AvgIpc) is 3.66. The number of nitrogens with zero attached hydrogens (tertiary/aromatic N) is 2. The normalized spacial score (nSPS) is 11.7. The summed E-state index contributed by atoms with van der Waals surface area (Å²) in [7, 11) is 0. The summed E-state index contributed by atoms with van der Waals surface area (Å²) in [6.07, 6.45) is 0. The van der Waals surface area contributed by atoms with Crippen LogP contribution in [0.5, 0.6) is 0 Å². The van der Waals surface area contributed by atoms with Gasteiger partial charge in [0.15, 0.2) is 5.82 Å². The Hall–Kier alpha value is -5.52. The van der Waals surface area contributed by atoms with E-state index in [0.29, 0.717) is 5.82 Å². The smallest absolute Gasteiger partial charge is 0.160 e. The third-order valence-electron chi connectivity index (χ3n) is 8.34. The number of hydrogen-bond acceptors (Lipinski definition) is 4. The predicted molar refractivity (Wildman–Crippen MR) is 186 cm³/mol. The lowest BCUT2D eigenvalue weighted by atomic mass is 9.98. The molecule has 6 aromatic carbocycles. The van der Waals surface area contributed by atoms with Gasteiger partial charge >= 0.3 is 0 Å². The Morgan fingerprint density at radius 1 is 0.422 bits per heavy atom. The first kappa shape index (κ1) is 25.9. The van der Waals surface area contributed by atoms with Gasteiger partial charge in [0.25, 0.3) is 0 Å². The number of hydrogen-bond donors (Lipinski definition) is 0. The van der Waals surface area contributed by atoms with E-state index in [1.54, 1.807) is 0 Å². The van der Waals surface area contributed by atoms with E-state index in [4.69, 9.17) is 18.8 Å². The number of furan rings is 2. The van der Waals surface area contributed by atoms with E-state index in [9.17, 15) is 0 Å². The van der Waals surface area contributed by atoms with Gasteiger partial charge in [-0.1, -0.05) is 101 Å². The molecule has 0 aliphatic rings. The van der Waals surface area contributed by atoms with Gasteiger partial charge in [-0.15, -0.1) is 0 Å². The van der Waals surface area contributed by atoms with E-state index in [-0.39, 0.29) is 0 Å². The first-order chi connectivity index (χ1) is 22.2. The number of benzene rings is 6. The van der Waals surface area contributed by atoms with E-state index in [0.717, 1.165) is 87.6 Å². The second-order valence-corrected chi connectivity index (χ2v) is 12.1. The second kappa shape index (κ2) is 10.3. The molecule has 9 aromatic rings. The van der Waals surface area contributed by atoms with Crippen LogP contribution in [-0.4, -0.2) is 9.97 Å². The van der Waals surface area contributed by atoms with Gasteiger partial charge in [0.1, 0.15) is 22.3 Å². The molecule has 0 aliphatic carbocycles. The lowest BCUT2D eigenvalue weighted by Crippen LogP contribution is -1.96. The zero-order valence-corrected chi connectivity index (χ0v) is 25.5. The zero-order chi connectivity index (χ0) is 29.9. The summed E-state index contributed by atoms with van der Waals surface area (Å²) in [5.74, 6) is 0.667. The molecule has 0 saturated carbocycles. The Balaban J connectivity index is 1.25. The molecule has 0 saturated heterocycles. The highest BCUT2D eigenvalue weighted by Gasteiger charge is 2.17. The van der Waals surface area contributed by atoms with Crippen LogP contribution in [0.25, 0.3) is 88.9 Å². The average molecular weight is 644 g/mol. The summed E-state index contributed by atoms with van der Waals surface area (Å²) in [5.41, 5.74) is 10.3. The van der Waals surface area contributed by atoms with Crippen LogP contribution in [0.1, 0.15) is 0 Å². The molecule has 3 heterocycles. The summed E-state index contributed by atoms with van der Waals surface area (Å²) >= 11 is 3.80. The fraction of sp³-hybridized carbons (Fsp3) is 0. The molecule has 0 fully saturated rings. The quantitative estimate of drug-likeness (QED) is 0.192. The van der Waals surface area contributed by atoms with Crippen LogP contribution < -0.4 is 0 Å². The molecule has 0 amide bonds. The molecule has 3 aromatic heterocycles. The summed E-state index contributed by atoms with van der Waals surface area (Å²) in [4.78, 5) is 10.2. The number of halogens is 1. The molecule has 0 aliphatic heterocycles. The van der Waals surface area contributed by atoms with Crippen molar-refractivity contribution in [3.8, 4) is 45.0 Å². The van der Waals surface area contributed by atoms with Crippen LogP contribution in [0.4, 0.5) is 0 Å². The van der Waals surface area contributed by atoms with E-state index < -0.39 is 0 Å². The fourth-order valence-electron chi connectivity index (χ4n) is 6.25. The van der Waals surface area contributed by atoms with Crippen LogP contribution >= 0.6 is 15.9 Å². The van der Waals surface area contributed by atoms with Gasteiger partial charge in [0, 0.05) is 42.7 Å². The van der Waals surface area contributed by atoms with E-state index >= 15 is 0 Å². The van der Waals surface area contributed by atoms with Gasteiger partial charge in [-0.2, -0.15) is 0 Å². The largest absolute Gasteiger partial charge is 0.456 e. The van der Waals surface area contributed by atoms with Gasteiger partial charge in [0.05, 0.1) is 11.4 Å². The minimum Gasteiger partial charge on any atom is -0.456 e. The fourth-order valence-corrected chi connectivity index (χ4v) is 6.74. The Kier molecular flexibility index (Phi) is 5.93. The maximum absolute atomic E-state index is 6.22. The van der Waals surface area contributed by atoms with Crippen LogP contribution in [0.15, 0.2) is 153 Å². The number of para-hydroxylation sites is 2. The number of fused-ring (bicyclic) bond motifs is 6. The van der Waals surface area contributed by atoms with Crippen molar-refractivity contribution in [2.45, 2.75) is 0 Å². The molecule has 4 nitrogen and oxygen atoms in total. The Morgan fingerprint density at radius 2 is 1.09 bits per heavy atom. The van der Waals surface area contributed by atoms with Crippen LogP contribution in [0, 0.1) is 0 Å². The Morgan fingerprint density at radius 3 is 1.96 bits per heavy atom. The predicted octanol–water partition coefficient (Wildman–Crippen LogP) is 11.7. The highest BCUT2D eigenvalue weighted by atomic mass is 79.9. The Bertz CT molecular complexity index is 2560. The molecular weight excluding hydrogens is 620 g/mol. The summed E-state index contributed by atoms with van der Waals surface area (Å²) in [6.45, 7) is 0. The van der Waals surface area contributed by atoms with Crippen molar-refractivity contribution >= 4 is 59.8 Å². The third kappa shape index (κ3) is 4.43. The van der Waals surface area contributed by atoms with Crippen LogP contribution in [-0.2, 0) is 0 Å². The first-order valence-corrected chi connectivity index (χ1v) is 15.5. The monoisotopic (exact) mass is 642 g/mol. The third-order valence-corrected chi connectivity index (χ3v) is 8.80. The van der Waals surface area contributed by atoms with Gasteiger partial charge < -0.3 is 8.83 Å². The molecule has 212 valence electrons. The summed E-state index contributed by atoms with van der Waals surface area (Å²) in [5, 5.41) is 4.32. The van der Waals surface area contributed by atoms with Crippen LogP contribution in [0.2, 0.25) is 0 Å². The Labute approximate surface area is 266 Å². The van der Waals surface area contributed by atoms with Gasteiger partial charge in [-0.05, 0) is 65.7 Å². The van der Waals surface area contributed by atoms with Crippen LogP contribution in [0.3, 0.4) is 0 Å². The SMILES string of the molecule is Brc1cc(-c2ccc3oc4ccccc4c3c2)cc(-c2cc(-c3cccc4oc5ccccc5c34)nc(-c3ccccc3)n2)c1. The number of rotatable bonds is 4. The first-order valence-electron chi connectivity index (χ1n) is 14.8. The van der Waals surface area contributed by atoms with E-state index in [1.165, 1.54) is 0 Å². The zero-order valence-electron chi connectivity index (χ0n) is 23.9. The molecule has 0 bridgehead atoms. The van der Waals surface area contributed by atoms with Crippen molar-refractivity contribution in [3.05, 3.63) is 144 Å². The standard InChI is InChI=1S/C40H23BrN2O2/c41-28-20-26(25-17-18-37-32(22-25)29-11-4-6-14-35(29)44-37)19-27(21-28)33-23-34(43-40(42-33)24-9-2-1-3-10-24)30-13-8-16-38-39(30)31-12-5-7-15-36(31)45-38/h1-23H. The maximum Gasteiger partial charge on any atom is 0.160 e. The minimum atomic E-state index is 0.667. The lowest BCUT2D eigenvalue weighted by Gasteiger charge is -2.12. The van der Waals surface area contributed by atoms with Crippen molar-refractivity contribution in [1.82, 2.24) is 9.97 Å². The molecular formula is C40H23BrN2O2. The maximum atomic E-state index is 6.22. The highest BCUT2D eigenvalue weighted by molar-refractivity contribution is 9.10. The van der Waals surface area contributed by atoms with Gasteiger partial charge in [0.2, 0.25) is 0 Å². The van der Waals surface area contributed by atoms with Gasteiger partial charge in [-0.3, -0.25) is 0 Å². The molecule has 0 N–H and O–H groups in total. The molecule has 0 radical (unpaired) electrons. The van der Waals surface area contributed by atoms with Crippen molar-refractivity contribution in [3.63, 3.8) is 0 Å². The molecule has 0 atom stereocenters. The summed E-state index contributed by atoms with van der Waals surface area (Å²) in [6, 6.07) is 47.5. The van der Waals surface area contributed by atoms with Crippen molar-refractivity contribution in [2.24, 2.45) is 0 Å². The van der Waals surface area contributed by atoms with Crippen molar-refractivity contribution < 1.29 is 8.83 Å². The second-order valence-electron chi connectivity index (χ2n) is 11.1. The topological polar surface area (TPSA) is 52.1 Å². The molecule has 45 heavy (non-hydrogen) atoms. The summed E-state index contributed by atoms with van der Waals surface area (Å²) < 4.78 is 13.3. The van der Waals surface area contributed by atoms with E-state index in [1.807, 2.05) is 78.9 Å². The number of aromatic nitrogens is 2. The highest BCUT2D eigenvalue weighted by Crippen LogP contribution is 2.39. The molecule has 5 heteroatoms. The van der Waals surface area contributed by atoms with Crippen molar-refractivity contribution in [2.75, 3.05) is 0 Å². The molecule has 0 spiro atoms.